The molecule has 2 aromatic carbocycles. The van der Waals surface area contributed by atoms with E-state index in [1.54, 1.807) is 30.3 Å². The van der Waals surface area contributed by atoms with E-state index in [1.165, 1.54) is 7.11 Å². The lowest BCUT2D eigenvalue weighted by atomic mass is 10.1. The van der Waals surface area contributed by atoms with Gasteiger partial charge < -0.3 is 10.1 Å². The molecule has 0 saturated carbocycles. The first-order valence-electron chi connectivity index (χ1n) is 5.74. The van der Waals surface area contributed by atoms with Gasteiger partial charge in [0.2, 0.25) is 0 Å². The van der Waals surface area contributed by atoms with Crippen LogP contribution in [0.4, 0.5) is 11.4 Å². The zero-order chi connectivity index (χ0) is 14.5. The number of ether oxygens (including phenoxy) is 1. The third-order valence-corrected chi connectivity index (χ3v) is 3.41. The smallest absolute Gasteiger partial charge is 0.143 e. The summed E-state index contributed by atoms with van der Waals surface area (Å²) < 4.78 is 5.95. The first kappa shape index (κ1) is 13.9. The van der Waals surface area contributed by atoms with E-state index in [1.807, 2.05) is 6.07 Å². The molecule has 0 unspecified atom stereocenters. The normalized spacial score (nSPS) is 9.40. The fraction of sp³-hybridized carbons (Fsp3) is 0.0667. The second-order valence-corrected chi connectivity index (χ2v) is 4.75. The zero-order valence-electron chi connectivity index (χ0n) is 10.6. The van der Waals surface area contributed by atoms with Crippen molar-refractivity contribution >= 4 is 27.3 Å². The van der Waals surface area contributed by atoms with Crippen molar-refractivity contribution in [2.45, 2.75) is 0 Å². The first-order valence-corrected chi connectivity index (χ1v) is 6.53. The van der Waals surface area contributed by atoms with Gasteiger partial charge in [-0.05, 0) is 40.2 Å². The number of nitrogens with one attached hydrogen (secondary N) is 1. The van der Waals surface area contributed by atoms with Gasteiger partial charge >= 0.3 is 0 Å². The Hall–Kier alpha value is -2.50. The molecule has 0 bridgehead atoms. The zero-order valence-corrected chi connectivity index (χ0v) is 12.2. The molecule has 20 heavy (non-hydrogen) atoms. The number of benzene rings is 2. The lowest BCUT2D eigenvalue weighted by Gasteiger charge is -2.14. The maximum Gasteiger partial charge on any atom is 0.143 e. The molecule has 0 spiro atoms. The molecular weight excluding hydrogens is 318 g/mol. The number of hydrogen-bond acceptors (Lipinski definition) is 4. The highest BCUT2D eigenvalue weighted by Gasteiger charge is 2.12. The first-order chi connectivity index (χ1) is 9.71. The summed E-state index contributed by atoms with van der Waals surface area (Å²) in [5.41, 5.74) is 2.09. The minimum Gasteiger partial charge on any atom is -0.495 e. The van der Waals surface area contributed by atoms with Gasteiger partial charge in [-0.15, -0.1) is 0 Å². The largest absolute Gasteiger partial charge is 0.495 e. The summed E-state index contributed by atoms with van der Waals surface area (Å²) in [6, 6.07) is 14.8. The summed E-state index contributed by atoms with van der Waals surface area (Å²) in [7, 11) is 1.54. The third kappa shape index (κ3) is 2.59. The van der Waals surface area contributed by atoms with Crippen molar-refractivity contribution < 1.29 is 4.74 Å². The molecule has 1 N–H and O–H groups in total. The van der Waals surface area contributed by atoms with Gasteiger partial charge in [0.1, 0.15) is 17.9 Å². The molecule has 0 aliphatic carbocycles. The number of hydrogen-bond donors (Lipinski definition) is 1. The lowest BCUT2D eigenvalue weighted by Crippen LogP contribution is -1.99. The second kappa shape index (κ2) is 6.10. The van der Waals surface area contributed by atoms with Crippen LogP contribution in [0.2, 0.25) is 0 Å². The number of methoxy groups -OCH3 is 1. The molecule has 0 heterocycles. The van der Waals surface area contributed by atoms with Crippen LogP contribution < -0.4 is 10.1 Å². The molecule has 4 nitrogen and oxygen atoms in total. The topological polar surface area (TPSA) is 68.8 Å². The molecule has 0 atom stereocenters. The molecule has 98 valence electrons. The maximum atomic E-state index is 9.21. The molecule has 0 aliphatic rings. The minimum absolute atomic E-state index is 0.452. The van der Waals surface area contributed by atoms with Crippen molar-refractivity contribution in [1.82, 2.24) is 0 Å². The van der Waals surface area contributed by atoms with Crippen molar-refractivity contribution in [2.75, 3.05) is 12.4 Å². The van der Waals surface area contributed by atoms with Crippen LogP contribution in [0.5, 0.6) is 5.75 Å². The molecule has 2 aromatic rings. The van der Waals surface area contributed by atoms with Gasteiger partial charge in [0.25, 0.3) is 0 Å². The maximum absolute atomic E-state index is 9.21. The van der Waals surface area contributed by atoms with E-state index in [0.717, 1.165) is 0 Å². The van der Waals surface area contributed by atoms with Gasteiger partial charge in [0, 0.05) is 4.47 Å². The predicted molar refractivity (Wildman–Crippen MR) is 79.8 cm³/mol. The van der Waals surface area contributed by atoms with Crippen molar-refractivity contribution in [2.24, 2.45) is 0 Å². The molecule has 0 aliphatic heterocycles. The number of rotatable bonds is 3. The Morgan fingerprint density at radius 1 is 1.10 bits per heavy atom. The van der Waals surface area contributed by atoms with Crippen LogP contribution in [0.3, 0.4) is 0 Å². The van der Waals surface area contributed by atoms with Crippen molar-refractivity contribution in [3.8, 4) is 17.9 Å². The van der Waals surface area contributed by atoms with Crippen LogP contribution in [0.1, 0.15) is 11.1 Å². The highest BCUT2D eigenvalue weighted by molar-refractivity contribution is 9.10. The van der Waals surface area contributed by atoms with Crippen molar-refractivity contribution in [1.29, 1.82) is 10.5 Å². The summed E-state index contributed by atoms with van der Waals surface area (Å²) in [6.07, 6.45) is 0. The third-order valence-electron chi connectivity index (χ3n) is 2.75. The summed E-state index contributed by atoms with van der Waals surface area (Å²) in [5, 5.41) is 21.5. The molecule has 0 amide bonds. The Morgan fingerprint density at radius 2 is 1.85 bits per heavy atom. The Balaban J connectivity index is 2.54. The fourth-order valence-electron chi connectivity index (χ4n) is 1.80. The summed E-state index contributed by atoms with van der Waals surface area (Å²) in [6.45, 7) is 0. The fourth-order valence-corrected chi connectivity index (χ4v) is 2.25. The molecule has 0 aromatic heterocycles. The number of halogens is 1. The van der Waals surface area contributed by atoms with E-state index in [0.29, 0.717) is 32.7 Å². The number of nitrogens with zero attached hydrogens (tertiary/aromatic N) is 2. The van der Waals surface area contributed by atoms with Gasteiger partial charge in [0.15, 0.2) is 0 Å². The van der Waals surface area contributed by atoms with Gasteiger partial charge in [0.05, 0.1) is 29.6 Å². The lowest BCUT2D eigenvalue weighted by molar-refractivity contribution is 0.416. The van der Waals surface area contributed by atoms with Crippen LogP contribution in [0.25, 0.3) is 0 Å². The van der Waals surface area contributed by atoms with Gasteiger partial charge in [-0.1, -0.05) is 12.1 Å². The highest BCUT2D eigenvalue weighted by Crippen LogP contribution is 2.33. The van der Waals surface area contributed by atoms with Crippen LogP contribution in [-0.4, -0.2) is 7.11 Å². The van der Waals surface area contributed by atoms with Crippen molar-refractivity contribution in [3.05, 3.63) is 52.0 Å². The van der Waals surface area contributed by atoms with E-state index in [-0.39, 0.29) is 0 Å². The molecule has 2 rings (SSSR count). The molecular formula is C15H10BrN3O. The SMILES string of the molecule is COc1cccc(C#N)c1Nc1cccc(Br)c1C#N. The van der Waals surface area contributed by atoms with Gasteiger partial charge in [-0.2, -0.15) is 10.5 Å². The quantitative estimate of drug-likeness (QED) is 0.926. The molecule has 0 fully saturated rings. The Labute approximate surface area is 125 Å². The van der Waals surface area contributed by atoms with Gasteiger partial charge in [-0.3, -0.25) is 0 Å². The Morgan fingerprint density at radius 3 is 2.50 bits per heavy atom. The minimum atomic E-state index is 0.452. The number of anilines is 2. The summed E-state index contributed by atoms with van der Waals surface area (Å²) >= 11 is 3.33. The average molecular weight is 328 g/mol. The highest BCUT2D eigenvalue weighted by atomic mass is 79.9. The standard InChI is InChI=1S/C15H10BrN3O/c1-20-14-7-2-4-10(8-17)15(14)19-13-6-3-5-12(16)11(13)9-18/h2-7,19H,1H3. The molecule has 0 saturated heterocycles. The van der Waals surface area contributed by atoms with Crippen LogP contribution in [0.15, 0.2) is 40.9 Å². The molecule has 0 radical (unpaired) electrons. The van der Waals surface area contributed by atoms with E-state index >= 15 is 0 Å². The number of nitriles is 2. The van der Waals surface area contributed by atoms with E-state index in [4.69, 9.17) is 4.74 Å². The van der Waals surface area contributed by atoms with Crippen LogP contribution in [-0.2, 0) is 0 Å². The second-order valence-electron chi connectivity index (χ2n) is 3.89. The summed E-state index contributed by atoms with van der Waals surface area (Å²) in [5.74, 6) is 0.549. The summed E-state index contributed by atoms with van der Waals surface area (Å²) in [4.78, 5) is 0. The average Bonchev–Trinajstić information content (AvgIpc) is 2.47. The van der Waals surface area contributed by atoms with Crippen molar-refractivity contribution in [3.63, 3.8) is 0 Å². The monoisotopic (exact) mass is 327 g/mol. The Kier molecular flexibility index (Phi) is 4.24. The van der Waals surface area contributed by atoms with Gasteiger partial charge in [-0.25, -0.2) is 0 Å². The Bertz CT molecular complexity index is 729. The number of para-hydroxylation sites is 1. The van der Waals surface area contributed by atoms with E-state index < -0.39 is 0 Å². The van der Waals surface area contributed by atoms with Crippen LogP contribution in [0, 0.1) is 22.7 Å². The van der Waals surface area contributed by atoms with E-state index in [9.17, 15) is 10.5 Å². The predicted octanol–water partition coefficient (Wildman–Crippen LogP) is 3.94. The van der Waals surface area contributed by atoms with E-state index in [2.05, 4.69) is 33.4 Å². The molecule has 5 heteroatoms. The van der Waals surface area contributed by atoms with Crippen LogP contribution >= 0.6 is 15.9 Å².